The Morgan fingerprint density at radius 2 is 1.75 bits per heavy atom. The fourth-order valence-electron chi connectivity index (χ4n) is 3.74. The van der Waals surface area contributed by atoms with Gasteiger partial charge in [-0.25, -0.2) is 8.42 Å². The van der Waals surface area contributed by atoms with Gasteiger partial charge in [-0.05, 0) is 61.6 Å². The second-order valence-corrected chi connectivity index (χ2v) is 9.78. The van der Waals surface area contributed by atoms with Gasteiger partial charge in [-0.15, -0.1) is 0 Å². The third-order valence-electron chi connectivity index (χ3n) is 5.57. The van der Waals surface area contributed by atoms with E-state index in [1.807, 2.05) is 13.0 Å². The average molecular weight is 460 g/mol. The molecule has 0 spiro atoms. The minimum absolute atomic E-state index is 0.0822. The van der Waals surface area contributed by atoms with E-state index >= 15 is 0 Å². The zero-order valence-electron chi connectivity index (χ0n) is 18.6. The van der Waals surface area contributed by atoms with E-state index in [2.05, 4.69) is 10.6 Å². The molecule has 2 amide bonds. The molecule has 1 aliphatic heterocycles. The number of carbonyl (C=O) groups excluding carboxylic acids is 2. The number of rotatable bonds is 7. The first-order valence-corrected chi connectivity index (χ1v) is 11.9. The zero-order valence-corrected chi connectivity index (χ0v) is 19.4. The lowest BCUT2D eigenvalue weighted by molar-refractivity contribution is -0.139. The Hall–Kier alpha value is -2.91. The van der Waals surface area contributed by atoms with Crippen LogP contribution in [0.25, 0.3) is 0 Å². The molecule has 32 heavy (non-hydrogen) atoms. The molecule has 172 valence electrons. The van der Waals surface area contributed by atoms with Crippen molar-refractivity contribution in [2.75, 3.05) is 20.2 Å². The summed E-state index contributed by atoms with van der Waals surface area (Å²) in [7, 11) is -2.12. The molecule has 2 aromatic carbocycles. The monoisotopic (exact) mass is 459 g/mol. The number of amides is 2. The van der Waals surface area contributed by atoms with Crippen LogP contribution < -0.4 is 15.4 Å². The number of methoxy groups -OCH3 is 1. The van der Waals surface area contributed by atoms with Crippen LogP contribution in [-0.2, 0) is 26.2 Å². The number of sulfonamides is 1. The fourth-order valence-corrected chi connectivity index (χ4v) is 5.74. The summed E-state index contributed by atoms with van der Waals surface area (Å²) < 4.78 is 33.0. The summed E-state index contributed by atoms with van der Waals surface area (Å²) in [6.45, 7) is 4.29. The molecular weight excluding hydrogens is 430 g/mol. The van der Waals surface area contributed by atoms with E-state index < -0.39 is 27.9 Å². The number of aryl methyl sites for hydroxylation is 2. The van der Waals surface area contributed by atoms with Crippen LogP contribution in [0, 0.1) is 13.8 Å². The van der Waals surface area contributed by atoms with Gasteiger partial charge in [0.1, 0.15) is 5.75 Å². The average Bonchev–Trinajstić information content (AvgIpc) is 3.27. The van der Waals surface area contributed by atoms with Crippen LogP contribution >= 0.6 is 0 Å². The first kappa shape index (κ1) is 23.7. The first-order valence-electron chi connectivity index (χ1n) is 10.5. The highest BCUT2D eigenvalue weighted by molar-refractivity contribution is 7.89. The molecule has 1 saturated heterocycles. The van der Waals surface area contributed by atoms with Crippen LogP contribution in [0.1, 0.15) is 29.5 Å². The van der Waals surface area contributed by atoms with Crippen molar-refractivity contribution in [2.45, 2.75) is 44.2 Å². The van der Waals surface area contributed by atoms with Gasteiger partial charge in [-0.3, -0.25) is 9.59 Å². The van der Waals surface area contributed by atoms with Gasteiger partial charge < -0.3 is 15.4 Å². The van der Waals surface area contributed by atoms with E-state index in [0.717, 1.165) is 11.1 Å². The van der Waals surface area contributed by atoms with E-state index in [4.69, 9.17) is 4.74 Å². The Kier molecular flexibility index (Phi) is 7.52. The SMILES string of the molecule is COc1ccc(CNC(=O)C(=O)NCC2CCCN2S(=O)(=O)c2cc(C)ccc2C)cc1. The lowest BCUT2D eigenvalue weighted by Gasteiger charge is -2.25. The lowest BCUT2D eigenvalue weighted by atomic mass is 10.2. The molecule has 3 rings (SSSR count). The Morgan fingerprint density at radius 1 is 1.06 bits per heavy atom. The van der Waals surface area contributed by atoms with Crippen LogP contribution in [0.2, 0.25) is 0 Å². The number of ether oxygens (including phenoxy) is 1. The predicted molar refractivity (Wildman–Crippen MR) is 121 cm³/mol. The van der Waals surface area contributed by atoms with Crippen molar-refractivity contribution in [1.29, 1.82) is 0 Å². The van der Waals surface area contributed by atoms with E-state index in [1.165, 1.54) is 4.31 Å². The van der Waals surface area contributed by atoms with Gasteiger partial charge in [0, 0.05) is 25.7 Å². The van der Waals surface area contributed by atoms with Crippen LogP contribution in [-0.4, -0.2) is 50.8 Å². The van der Waals surface area contributed by atoms with Gasteiger partial charge >= 0.3 is 11.8 Å². The van der Waals surface area contributed by atoms with E-state index in [0.29, 0.717) is 30.7 Å². The highest BCUT2D eigenvalue weighted by Crippen LogP contribution is 2.28. The van der Waals surface area contributed by atoms with Crippen LogP contribution in [0.3, 0.4) is 0 Å². The smallest absolute Gasteiger partial charge is 0.309 e. The Morgan fingerprint density at radius 3 is 2.44 bits per heavy atom. The van der Waals surface area contributed by atoms with Gasteiger partial charge in [0.15, 0.2) is 0 Å². The number of nitrogens with zero attached hydrogens (tertiary/aromatic N) is 1. The van der Waals surface area contributed by atoms with Crippen molar-refractivity contribution in [3.05, 3.63) is 59.2 Å². The fraction of sp³-hybridized carbons (Fsp3) is 0.391. The summed E-state index contributed by atoms with van der Waals surface area (Å²) >= 11 is 0. The maximum Gasteiger partial charge on any atom is 0.309 e. The Labute approximate surface area is 189 Å². The third-order valence-corrected chi connectivity index (χ3v) is 7.66. The molecule has 2 N–H and O–H groups in total. The molecule has 9 heteroatoms. The van der Waals surface area contributed by atoms with Crippen molar-refractivity contribution in [2.24, 2.45) is 0 Å². The first-order chi connectivity index (χ1) is 15.2. The summed E-state index contributed by atoms with van der Waals surface area (Å²) in [5, 5.41) is 5.15. The van der Waals surface area contributed by atoms with Crippen molar-refractivity contribution < 1.29 is 22.7 Å². The molecular formula is C23H29N3O5S. The molecule has 1 fully saturated rings. The van der Waals surface area contributed by atoms with Crippen LogP contribution in [0.15, 0.2) is 47.4 Å². The number of hydrogen-bond acceptors (Lipinski definition) is 5. The second-order valence-electron chi connectivity index (χ2n) is 7.92. The molecule has 1 aliphatic rings. The Balaban J connectivity index is 1.57. The highest BCUT2D eigenvalue weighted by atomic mass is 32.2. The second kappa shape index (κ2) is 10.1. The molecule has 1 heterocycles. The van der Waals surface area contributed by atoms with Crippen molar-refractivity contribution >= 4 is 21.8 Å². The van der Waals surface area contributed by atoms with Crippen molar-refractivity contribution in [3.8, 4) is 5.75 Å². The number of benzene rings is 2. The molecule has 2 aromatic rings. The topological polar surface area (TPSA) is 105 Å². The van der Waals surface area contributed by atoms with Gasteiger partial charge in [0.25, 0.3) is 0 Å². The molecule has 1 unspecified atom stereocenters. The minimum atomic E-state index is -3.69. The van der Waals surface area contributed by atoms with E-state index in [9.17, 15) is 18.0 Å². The largest absolute Gasteiger partial charge is 0.497 e. The van der Waals surface area contributed by atoms with Gasteiger partial charge in [-0.2, -0.15) is 4.31 Å². The molecule has 0 saturated carbocycles. The zero-order chi connectivity index (χ0) is 23.3. The maximum absolute atomic E-state index is 13.2. The normalized spacial score (nSPS) is 16.5. The standard InChI is InChI=1S/C23H29N3O5S/c1-16-6-7-17(2)21(13-16)32(29,30)26-12-4-5-19(26)15-25-23(28)22(27)24-14-18-8-10-20(31-3)11-9-18/h6-11,13,19H,4-5,12,14-15H2,1-3H3,(H,24,27)(H,25,28). The molecule has 8 nitrogen and oxygen atoms in total. The lowest BCUT2D eigenvalue weighted by Crippen LogP contribution is -2.46. The van der Waals surface area contributed by atoms with Crippen molar-refractivity contribution in [3.63, 3.8) is 0 Å². The summed E-state index contributed by atoms with van der Waals surface area (Å²) in [4.78, 5) is 24.7. The quantitative estimate of drug-likeness (QED) is 0.616. The molecule has 0 aromatic heterocycles. The summed E-state index contributed by atoms with van der Waals surface area (Å²) in [6.07, 6.45) is 1.33. The molecule has 1 atom stereocenters. The van der Waals surface area contributed by atoms with Gasteiger partial charge in [0.05, 0.1) is 12.0 Å². The number of nitrogens with one attached hydrogen (secondary N) is 2. The van der Waals surface area contributed by atoms with E-state index in [-0.39, 0.29) is 18.0 Å². The molecule has 0 bridgehead atoms. The Bertz CT molecular complexity index is 1080. The maximum atomic E-state index is 13.2. The van der Waals surface area contributed by atoms with Crippen LogP contribution in [0.4, 0.5) is 0 Å². The van der Waals surface area contributed by atoms with Gasteiger partial charge in [0.2, 0.25) is 10.0 Å². The number of carbonyl (C=O) groups is 2. The predicted octanol–water partition coefficient (Wildman–Crippen LogP) is 1.90. The van der Waals surface area contributed by atoms with Crippen molar-refractivity contribution in [1.82, 2.24) is 14.9 Å². The highest BCUT2D eigenvalue weighted by Gasteiger charge is 2.36. The summed E-state index contributed by atoms with van der Waals surface area (Å²) in [6, 6.07) is 12.1. The van der Waals surface area contributed by atoms with Gasteiger partial charge in [-0.1, -0.05) is 24.3 Å². The number of hydrogen-bond donors (Lipinski definition) is 2. The summed E-state index contributed by atoms with van der Waals surface area (Å²) in [5.74, 6) is -0.841. The van der Waals surface area contributed by atoms with E-state index in [1.54, 1.807) is 50.4 Å². The third kappa shape index (κ3) is 5.46. The molecule has 0 aliphatic carbocycles. The minimum Gasteiger partial charge on any atom is -0.497 e. The van der Waals surface area contributed by atoms with Crippen LogP contribution in [0.5, 0.6) is 5.75 Å². The molecule has 0 radical (unpaired) electrons. The summed E-state index contributed by atoms with van der Waals surface area (Å²) in [5.41, 5.74) is 2.38.